The minimum atomic E-state index is -4.31. The van der Waals surface area contributed by atoms with Crippen molar-refractivity contribution in [2.75, 3.05) is 0 Å². The minimum absolute atomic E-state index is 2.44. The molecule has 0 amide bonds. The van der Waals surface area contributed by atoms with E-state index in [1.807, 2.05) is 0 Å². The van der Waals surface area contributed by atoms with Crippen molar-refractivity contribution >= 4 is 32.4 Å². The van der Waals surface area contributed by atoms with Crippen LogP contribution in [0.5, 0.6) is 0 Å². The lowest BCUT2D eigenvalue weighted by molar-refractivity contribution is -0.316. The second kappa shape index (κ2) is 4.56. The highest BCUT2D eigenvalue weighted by atomic mass is 32.5. The molecule has 3 N–H and O–H groups in total. The molecule has 0 fully saturated rings. The predicted octanol–water partition coefficient (Wildman–Crippen LogP) is -3.55. The average Bonchev–Trinajstić information content (AvgIpc) is 1.12. The largest absolute Gasteiger partial charge is 0.812 e. The van der Waals surface area contributed by atoms with Gasteiger partial charge in [-0.15, -0.1) is 11.8 Å². The average molecular weight is 207 g/mol. The van der Waals surface area contributed by atoms with E-state index in [9.17, 15) is 4.89 Å². The Balaban J connectivity index is 0. The molecule has 0 radical (unpaired) electrons. The molecule has 0 aliphatic rings. The highest BCUT2D eigenvalue weighted by molar-refractivity contribution is 8.04. The smallest absolute Gasteiger partial charge is 0.0372 e. The predicted molar refractivity (Wildman–Crippen MR) is 35.0 cm³/mol. The fourth-order valence-corrected chi connectivity index (χ4v) is 0. The van der Waals surface area contributed by atoms with Crippen molar-refractivity contribution in [3.8, 4) is 0 Å². The van der Waals surface area contributed by atoms with Crippen molar-refractivity contribution in [3.05, 3.63) is 0 Å². The first-order chi connectivity index (χ1) is 4.00. The lowest BCUT2D eigenvalue weighted by atomic mass is 12.0. The van der Waals surface area contributed by atoms with Gasteiger partial charge in [0.25, 0.3) is 0 Å². The molecular weight excluding hydrogens is 202 g/mol. The van der Waals surface area contributed by atoms with Crippen molar-refractivity contribution in [2.45, 2.75) is 0 Å². The van der Waals surface area contributed by atoms with Crippen LogP contribution in [-0.2, 0) is 11.8 Å². The summed E-state index contributed by atoms with van der Waals surface area (Å²) >= 11 is 3.38. The summed E-state index contributed by atoms with van der Waals surface area (Å²) in [6, 6.07) is 0. The van der Waals surface area contributed by atoms with Gasteiger partial charge >= 0.3 is 0 Å². The van der Waals surface area contributed by atoms with E-state index in [1.54, 1.807) is 0 Å². The molecule has 0 saturated carbocycles. The Bertz CT molecular complexity index is 128. The normalized spacial score (nSPS) is 11.8. The maximum atomic E-state index is 9.22. The van der Waals surface area contributed by atoms with Crippen LogP contribution in [-0.4, -0.2) is 21.0 Å². The first-order valence-electron chi connectivity index (χ1n) is 1.65. The first kappa shape index (κ1) is 13.3. The molecule has 0 aromatic carbocycles. The number of rotatable bonds is 0. The fourth-order valence-electron chi connectivity index (χ4n) is 0. The lowest BCUT2D eigenvalue weighted by Gasteiger charge is -2.25. The molecule has 0 aliphatic carbocycles. The van der Waals surface area contributed by atoms with E-state index in [0.29, 0.717) is 0 Å². The lowest BCUT2D eigenvalue weighted by Crippen LogP contribution is -2.10. The topological polar surface area (TPSA) is 130 Å². The van der Waals surface area contributed by atoms with Crippen LogP contribution in [0.25, 0.3) is 0 Å². The van der Waals surface area contributed by atoms with Gasteiger partial charge in [-0.05, 0) is 0 Å². The zero-order chi connectivity index (χ0) is 9.00. The highest BCUT2D eigenvalue weighted by Gasteiger charge is 1.70. The van der Waals surface area contributed by atoms with Gasteiger partial charge in [0.15, 0.2) is 0 Å². The zero-order valence-corrected chi connectivity index (χ0v) is 7.18. The quantitative estimate of drug-likeness (QED) is 0.350. The van der Waals surface area contributed by atoms with Gasteiger partial charge in [0.05, 0.1) is 0 Å². The van der Waals surface area contributed by atoms with Crippen molar-refractivity contribution < 1.29 is 29.4 Å². The summed E-state index contributed by atoms with van der Waals surface area (Å²) in [6.45, 7) is -4.31. The summed E-state index contributed by atoms with van der Waals surface area (Å²) in [4.78, 5) is 49.7. The second-order valence-electron chi connectivity index (χ2n) is 1.13. The van der Waals surface area contributed by atoms with Crippen LogP contribution < -0.4 is 14.7 Å². The van der Waals surface area contributed by atoms with E-state index in [-0.39, 0.29) is 0 Å². The van der Waals surface area contributed by atoms with E-state index in [0.717, 1.165) is 0 Å². The Hall–Kier alpha value is 0.710. The van der Waals surface area contributed by atoms with Gasteiger partial charge in [-0.3, -0.25) is 0 Å². The van der Waals surface area contributed by atoms with Crippen LogP contribution in [0.2, 0.25) is 0 Å². The van der Waals surface area contributed by atoms with E-state index in [4.69, 9.17) is 24.5 Å². The summed E-state index contributed by atoms with van der Waals surface area (Å²) in [5, 5.41) is 0. The van der Waals surface area contributed by atoms with E-state index >= 15 is 0 Å². The molecule has 0 heterocycles. The summed E-state index contributed by atoms with van der Waals surface area (Å²) in [5.41, 5.74) is 0. The Labute approximate surface area is 62.5 Å². The number of hydrogen-bond donors (Lipinski definition) is 3. The van der Waals surface area contributed by atoms with Gasteiger partial charge < -0.3 is 29.4 Å². The monoisotopic (exact) mass is 207 g/mol. The summed E-state index contributed by atoms with van der Waals surface area (Å²) < 4.78 is 0. The van der Waals surface area contributed by atoms with E-state index in [2.05, 4.69) is 18.1 Å². The van der Waals surface area contributed by atoms with Gasteiger partial charge in [0, 0.05) is 7.57 Å². The Morgan fingerprint density at radius 2 is 1.10 bits per heavy atom. The van der Waals surface area contributed by atoms with E-state index < -0.39 is 14.3 Å². The Morgan fingerprint density at radius 3 is 1.10 bits per heavy atom. The van der Waals surface area contributed by atoms with Gasteiger partial charge in [-0.2, -0.15) is 0 Å². The highest BCUT2D eigenvalue weighted by Crippen LogP contribution is 2.18. The van der Waals surface area contributed by atoms with Crippen molar-refractivity contribution in [1.82, 2.24) is 0 Å². The molecule has 0 spiro atoms. The molecule has 0 atom stereocenters. The third-order valence-electron chi connectivity index (χ3n) is 0. The standard InChI is InChI=1S/CH4O3P.H3O3PS/c1-5(2,3)4;1-4(2,3)5/h1H2,(H2-,2,3,4);(H3,1,2,3,5)/q-1;/p-2. The summed E-state index contributed by atoms with van der Waals surface area (Å²) in [6.07, 6.45) is 2.44. The molecule has 0 unspecified atom stereocenters. The van der Waals surface area contributed by atoms with Crippen LogP contribution >= 0.6 is 14.3 Å². The maximum Gasteiger partial charge on any atom is 0.0372 e. The molecule has 10 heavy (non-hydrogen) atoms. The van der Waals surface area contributed by atoms with Crippen molar-refractivity contribution in [2.24, 2.45) is 0 Å². The van der Waals surface area contributed by atoms with Crippen molar-refractivity contribution in [1.29, 1.82) is 0 Å². The van der Waals surface area contributed by atoms with Gasteiger partial charge in [0.2, 0.25) is 0 Å². The fraction of sp³-hybridized carbons (Fsp3) is 0. The van der Waals surface area contributed by atoms with Crippen LogP contribution in [0.4, 0.5) is 0 Å². The molecule has 0 saturated heterocycles. The zero-order valence-electron chi connectivity index (χ0n) is 4.58. The van der Waals surface area contributed by atoms with Crippen LogP contribution in [0, 0.1) is 0 Å². The van der Waals surface area contributed by atoms with Gasteiger partial charge in [0.1, 0.15) is 0 Å². The van der Waals surface area contributed by atoms with Crippen molar-refractivity contribution in [3.63, 3.8) is 0 Å². The van der Waals surface area contributed by atoms with Crippen LogP contribution in [0.1, 0.15) is 0 Å². The molecule has 9 heteroatoms. The minimum Gasteiger partial charge on any atom is -0.812 e. The first-order valence-corrected chi connectivity index (χ1v) is 6.04. The van der Waals surface area contributed by atoms with Crippen LogP contribution in [0.3, 0.4) is 0 Å². The molecule has 0 rings (SSSR count). The third kappa shape index (κ3) is 1030. The molecule has 6 nitrogen and oxygen atoms in total. The van der Waals surface area contributed by atoms with Crippen LogP contribution in [0.15, 0.2) is 0 Å². The SMILES string of the molecule is C=P([O-])(O)O.[O-]P([O-])(O)=S. The molecular formula is CH5O6P2S-3. The van der Waals surface area contributed by atoms with Gasteiger partial charge in [-0.25, -0.2) is 0 Å². The number of hydrogen-bond acceptors (Lipinski definition) is 6. The van der Waals surface area contributed by atoms with E-state index in [1.165, 1.54) is 0 Å². The molecule has 0 bridgehead atoms. The Kier molecular flexibility index (Phi) is 6.07. The summed E-state index contributed by atoms with van der Waals surface area (Å²) in [7, 11) is -3.89. The summed E-state index contributed by atoms with van der Waals surface area (Å²) in [5.74, 6) is 0. The maximum absolute atomic E-state index is 9.22. The Morgan fingerprint density at radius 1 is 1.10 bits per heavy atom. The van der Waals surface area contributed by atoms with Gasteiger partial charge in [-0.1, -0.05) is 13.0 Å². The third-order valence-corrected chi connectivity index (χ3v) is 0. The molecule has 0 aliphatic heterocycles. The molecule has 0 aromatic rings. The second-order valence-corrected chi connectivity index (χ2v) is 4.78. The molecule has 64 valence electrons. The molecule has 0 aromatic heterocycles.